The quantitative estimate of drug-likeness (QED) is 0.817. The third kappa shape index (κ3) is 3.72. The van der Waals surface area contributed by atoms with Gasteiger partial charge in [0.05, 0.1) is 6.54 Å². The van der Waals surface area contributed by atoms with Crippen molar-refractivity contribution in [2.75, 3.05) is 13.2 Å². The zero-order valence-electron chi connectivity index (χ0n) is 10.3. The minimum absolute atomic E-state index is 0.134. The van der Waals surface area contributed by atoms with Gasteiger partial charge in [0, 0.05) is 5.92 Å². The van der Waals surface area contributed by atoms with E-state index in [1.807, 2.05) is 0 Å². The Morgan fingerprint density at radius 3 is 2.61 bits per heavy atom. The first kappa shape index (κ1) is 12.9. The monoisotopic (exact) mass is 251 g/mol. The molecule has 1 amide bonds. The zero-order valence-corrected chi connectivity index (χ0v) is 10.3. The van der Waals surface area contributed by atoms with Gasteiger partial charge in [-0.25, -0.2) is 4.39 Å². The Morgan fingerprint density at radius 2 is 1.94 bits per heavy atom. The Kier molecular flexibility index (Phi) is 4.56. The van der Waals surface area contributed by atoms with Gasteiger partial charge in [-0.1, -0.05) is 12.8 Å². The third-order valence-electron chi connectivity index (χ3n) is 3.21. The maximum absolute atomic E-state index is 12.6. The van der Waals surface area contributed by atoms with E-state index in [1.54, 1.807) is 12.1 Å². The van der Waals surface area contributed by atoms with E-state index in [2.05, 4.69) is 5.32 Å². The van der Waals surface area contributed by atoms with Crippen molar-refractivity contribution in [3.63, 3.8) is 0 Å². The van der Waals surface area contributed by atoms with Crippen LogP contribution in [0, 0.1) is 11.7 Å². The first-order chi connectivity index (χ1) is 8.75. The van der Waals surface area contributed by atoms with Gasteiger partial charge in [-0.05, 0) is 37.1 Å². The maximum Gasteiger partial charge on any atom is 0.223 e. The Morgan fingerprint density at radius 1 is 1.28 bits per heavy atom. The molecule has 0 heterocycles. The number of amides is 1. The molecule has 3 nitrogen and oxygen atoms in total. The summed E-state index contributed by atoms with van der Waals surface area (Å²) in [5.74, 6) is 0.662. The predicted molar refractivity (Wildman–Crippen MR) is 66.9 cm³/mol. The first-order valence-electron chi connectivity index (χ1n) is 6.42. The number of carbonyl (C=O) groups excluding carboxylic acids is 1. The van der Waals surface area contributed by atoms with Gasteiger partial charge in [0.2, 0.25) is 5.91 Å². The average Bonchev–Trinajstić information content (AvgIpc) is 2.90. The van der Waals surface area contributed by atoms with Crippen LogP contribution in [0.1, 0.15) is 25.7 Å². The average molecular weight is 251 g/mol. The van der Waals surface area contributed by atoms with Crippen molar-refractivity contribution >= 4 is 5.91 Å². The van der Waals surface area contributed by atoms with Crippen LogP contribution in [0.25, 0.3) is 0 Å². The molecule has 98 valence electrons. The number of ether oxygens (including phenoxy) is 1. The van der Waals surface area contributed by atoms with Gasteiger partial charge in [-0.3, -0.25) is 4.79 Å². The van der Waals surface area contributed by atoms with E-state index in [0.29, 0.717) is 18.9 Å². The molecule has 0 atom stereocenters. The summed E-state index contributed by atoms with van der Waals surface area (Å²) in [5.41, 5.74) is 0. The summed E-state index contributed by atoms with van der Waals surface area (Å²) in [4.78, 5) is 11.7. The van der Waals surface area contributed by atoms with Gasteiger partial charge in [-0.2, -0.15) is 0 Å². The molecule has 0 bridgehead atoms. The summed E-state index contributed by atoms with van der Waals surface area (Å²) in [6.07, 6.45) is 4.32. The summed E-state index contributed by atoms with van der Waals surface area (Å²) in [6, 6.07) is 5.86. The molecule has 0 radical (unpaired) electrons. The number of halogens is 1. The zero-order chi connectivity index (χ0) is 12.8. The van der Waals surface area contributed by atoms with Gasteiger partial charge in [0.15, 0.2) is 0 Å². The smallest absolute Gasteiger partial charge is 0.223 e. The van der Waals surface area contributed by atoms with Crippen LogP contribution in [0.15, 0.2) is 24.3 Å². The van der Waals surface area contributed by atoms with Crippen molar-refractivity contribution in [1.82, 2.24) is 5.32 Å². The number of rotatable bonds is 5. The molecule has 1 fully saturated rings. The van der Waals surface area contributed by atoms with E-state index in [9.17, 15) is 9.18 Å². The highest BCUT2D eigenvalue weighted by atomic mass is 19.1. The number of benzene rings is 1. The van der Waals surface area contributed by atoms with E-state index in [1.165, 1.54) is 12.1 Å². The minimum atomic E-state index is -0.281. The third-order valence-corrected chi connectivity index (χ3v) is 3.21. The van der Waals surface area contributed by atoms with E-state index < -0.39 is 0 Å². The fourth-order valence-corrected chi connectivity index (χ4v) is 2.21. The molecule has 18 heavy (non-hydrogen) atoms. The van der Waals surface area contributed by atoms with Crippen LogP contribution >= 0.6 is 0 Å². The highest BCUT2D eigenvalue weighted by Gasteiger charge is 2.21. The second-order valence-electron chi connectivity index (χ2n) is 4.57. The second kappa shape index (κ2) is 6.38. The van der Waals surface area contributed by atoms with Gasteiger partial charge < -0.3 is 10.1 Å². The van der Waals surface area contributed by atoms with Crippen LogP contribution in [-0.2, 0) is 4.79 Å². The summed E-state index contributed by atoms with van der Waals surface area (Å²) >= 11 is 0. The topological polar surface area (TPSA) is 38.3 Å². The second-order valence-corrected chi connectivity index (χ2v) is 4.57. The highest BCUT2D eigenvalue weighted by molar-refractivity contribution is 5.78. The van der Waals surface area contributed by atoms with E-state index >= 15 is 0 Å². The Hall–Kier alpha value is -1.58. The lowest BCUT2D eigenvalue weighted by atomic mass is 10.1. The van der Waals surface area contributed by atoms with Crippen LogP contribution in [0.5, 0.6) is 5.75 Å². The molecular formula is C14H18FNO2. The molecule has 1 aromatic carbocycles. The molecule has 4 heteroatoms. The van der Waals surface area contributed by atoms with Crippen molar-refractivity contribution in [1.29, 1.82) is 0 Å². The normalized spacial score (nSPS) is 15.6. The minimum Gasteiger partial charge on any atom is -0.492 e. The van der Waals surface area contributed by atoms with Crippen LogP contribution < -0.4 is 10.1 Å². The molecule has 0 spiro atoms. The molecule has 1 aliphatic rings. The summed E-state index contributed by atoms with van der Waals surface area (Å²) in [7, 11) is 0. The molecular weight excluding hydrogens is 233 g/mol. The van der Waals surface area contributed by atoms with Gasteiger partial charge in [0.1, 0.15) is 18.2 Å². The maximum atomic E-state index is 12.6. The van der Waals surface area contributed by atoms with E-state index in [0.717, 1.165) is 25.7 Å². The molecule has 1 N–H and O–H groups in total. The van der Waals surface area contributed by atoms with Crippen LogP contribution in [-0.4, -0.2) is 19.1 Å². The standard InChI is InChI=1S/C14H18FNO2/c15-12-5-7-13(8-6-12)18-10-9-16-14(17)11-3-1-2-4-11/h5-8,11H,1-4,9-10H2,(H,16,17). The van der Waals surface area contributed by atoms with Crippen molar-refractivity contribution in [3.8, 4) is 5.75 Å². The SMILES string of the molecule is O=C(NCCOc1ccc(F)cc1)C1CCCC1. The summed E-state index contributed by atoms with van der Waals surface area (Å²) in [6.45, 7) is 0.900. The van der Waals surface area contributed by atoms with Crippen molar-refractivity contribution in [3.05, 3.63) is 30.1 Å². The van der Waals surface area contributed by atoms with E-state index in [4.69, 9.17) is 4.74 Å². The Balaban J connectivity index is 1.63. The predicted octanol–water partition coefficient (Wildman–Crippen LogP) is 2.51. The summed E-state index contributed by atoms with van der Waals surface area (Å²) < 4.78 is 18.0. The molecule has 0 aromatic heterocycles. The Labute approximate surface area is 106 Å². The molecule has 2 rings (SSSR count). The van der Waals surface area contributed by atoms with Crippen LogP contribution in [0.4, 0.5) is 4.39 Å². The van der Waals surface area contributed by atoms with Crippen molar-refractivity contribution in [2.24, 2.45) is 5.92 Å². The number of hydrogen-bond donors (Lipinski definition) is 1. The van der Waals surface area contributed by atoms with Crippen LogP contribution in [0.2, 0.25) is 0 Å². The fraction of sp³-hybridized carbons (Fsp3) is 0.500. The van der Waals surface area contributed by atoms with Gasteiger partial charge in [0.25, 0.3) is 0 Å². The summed E-state index contributed by atoms with van der Waals surface area (Å²) in [5, 5.41) is 2.87. The highest BCUT2D eigenvalue weighted by Crippen LogP contribution is 2.24. The van der Waals surface area contributed by atoms with Gasteiger partial charge >= 0.3 is 0 Å². The van der Waals surface area contributed by atoms with Crippen LogP contribution in [0.3, 0.4) is 0 Å². The number of nitrogens with one attached hydrogen (secondary N) is 1. The molecule has 0 unspecified atom stereocenters. The molecule has 1 aromatic rings. The van der Waals surface area contributed by atoms with E-state index in [-0.39, 0.29) is 17.6 Å². The largest absolute Gasteiger partial charge is 0.492 e. The lowest BCUT2D eigenvalue weighted by Gasteiger charge is -2.11. The molecule has 0 saturated heterocycles. The molecule has 1 aliphatic carbocycles. The molecule has 1 saturated carbocycles. The number of hydrogen-bond acceptors (Lipinski definition) is 2. The lowest BCUT2D eigenvalue weighted by Crippen LogP contribution is -2.32. The van der Waals surface area contributed by atoms with Crippen molar-refractivity contribution in [2.45, 2.75) is 25.7 Å². The fourth-order valence-electron chi connectivity index (χ4n) is 2.21. The van der Waals surface area contributed by atoms with Gasteiger partial charge in [-0.15, -0.1) is 0 Å². The lowest BCUT2D eigenvalue weighted by molar-refractivity contribution is -0.124. The molecule has 0 aliphatic heterocycles. The Bertz CT molecular complexity index is 385. The van der Waals surface area contributed by atoms with Crippen molar-refractivity contribution < 1.29 is 13.9 Å². The number of carbonyl (C=O) groups is 1. The first-order valence-corrected chi connectivity index (χ1v) is 6.42.